The van der Waals surface area contributed by atoms with Crippen LogP contribution < -0.4 is 5.32 Å². The van der Waals surface area contributed by atoms with Crippen LogP contribution in [-0.4, -0.2) is 19.7 Å². The predicted octanol–water partition coefficient (Wildman–Crippen LogP) is 4.70. The molecule has 1 saturated carbocycles. The van der Waals surface area contributed by atoms with Crippen molar-refractivity contribution in [1.29, 1.82) is 0 Å². The Hall–Kier alpha value is -0.380. The lowest BCUT2D eigenvalue weighted by molar-refractivity contribution is 0.0198. The van der Waals surface area contributed by atoms with E-state index >= 15 is 0 Å². The van der Waals surface area contributed by atoms with E-state index in [1.165, 1.54) is 37.7 Å². The van der Waals surface area contributed by atoms with Crippen LogP contribution in [-0.2, 0) is 4.74 Å². The van der Waals surface area contributed by atoms with Crippen LogP contribution in [0.15, 0.2) is 28.7 Å². The van der Waals surface area contributed by atoms with E-state index in [9.17, 15) is 0 Å². The molecule has 0 radical (unpaired) electrons. The van der Waals surface area contributed by atoms with Crippen LogP contribution in [0.2, 0.25) is 0 Å². The lowest BCUT2D eigenvalue weighted by Crippen LogP contribution is -2.25. The fourth-order valence-electron chi connectivity index (χ4n) is 2.88. The zero-order valence-electron chi connectivity index (χ0n) is 12.4. The third-order valence-electron chi connectivity index (χ3n) is 4.09. The molecule has 0 heterocycles. The van der Waals surface area contributed by atoms with Gasteiger partial charge in [-0.1, -0.05) is 60.3 Å². The number of benzene rings is 1. The summed E-state index contributed by atoms with van der Waals surface area (Å²) >= 11 is 3.65. The quantitative estimate of drug-likeness (QED) is 0.777. The van der Waals surface area contributed by atoms with Gasteiger partial charge in [0, 0.05) is 11.0 Å². The predicted molar refractivity (Wildman–Crippen MR) is 88.0 cm³/mol. The van der Waals surface area contributed by atoms with Gasteiger partial charge in [-0.05, 0) is 36.9 Å². The zero-order chi connectivity index (χ0) is 14.2. The van der Waals surface area contributed by atoms with Crippen molar-refractivity contribution in [2.75, 3.05) is 19.7 Å². The highest BCUT2D eigenvalue weighted by atomic mass is 79.9. The molecule has 0 aromatic heterocycles. The standard InChI is InChI=1S/C17H26BrNO/c1-2-19-12-17(15-10-6-7-11-16(15)18)20-13-14-8-4-3-5-9-14/h6-7,10-11,14,17,19H,2-5,8-9,12-13H2,1H3. The van der Waals surface area contributed by atoms with Gasteiger partial charge in [-0.2, -0.15) is 0 Å². The summed E-state index contributed by atoms with van der Waals surface area (Å²) < 4.78 is 7.40. The first kappa shape index (κ1) is 16.0. The number of likely N-dealkylation sites (N-methyl/N-ethyl adjacent to an activating group) is 1. The summed E-state index contributed by atoms with van der Waals surface area (Å²) in [5.74, 6) is 0.760. The molecule has 0 spiro atoms. The molecule has 1 aromatic carbocycles. The largest absolute Gasteiger partial charge is 0.372 e. The van der Waals surface area contributed by atoms with Crippen molar-refractivity contribution in [3.63, 3.8) is 0 Å². The van der Waals surface area contributed by atoms with Gasteiger partial charge in [0.25, 0.3) is 0 Å². The van der Waals surface area contributed by atoms with Gasteiger partial charge in [0.15, 0.2) is 0 Å². The number of halogens is 1. The highest BCUT2D eigenvalue weighted by Crippen LogP contribution is 2.29. The van der Waals surface area contributed by atoms with Gasteiger partial charge < -0.3 is 10.1 Å². The van der Waals surface area contributed by atoms with Crippen LogP contribution in [0.4, 0.5) is 0 Å². The van der Waals surface area contributed by atoms with Crippen LogP contribution in [0.25, 0.3) is 0 Å². The molecule has 0 saturated heterocycles. The molecule has 2 nitrogen and oxygen atoms in total. The van der Waals surface area contributed by atoms with Crippen LogP contribution in [0.5, 0.6) is 0 Å². The zero-order valence-corrected chi connectivity index (χ0v) is 14.0. The fourth-order valence-corrected chi connectivity index (χ4v) is 3.42. The highest BCUT2D eigenvalue weighted by Gasteiger charge is 2.19. The molecule has 0 aliphatic heterocycles. The first-order chi connectivity index (χ1) is 9.81. The van der Waals surface area contributed by atoms with E-state index in [-0.39, 0.29) is 6.10 Å². The van der Waals surface area contributed by atoms with Crippen molar-refractivity contribution in [1.82, 2.24) is 5.32 Å². The maximum Gasteiger partial charge on any atom is 0.0960 e. The molecule has 112 valence electrons. The molecule has 20 heavy (non-hydrogen) atoms. The lowest BCUT2D eigenvalue weighted by Gasteiger charge is -2.26. The second-order valence-corrected chi connectivity index (χ2v) is 6.51. The fraction of sp³-hybridized carbons (Fsp3) is 0.647. The van der Waals surface area contributed by atoms with Crippen molar-refractivity contribution in [2.24, 2.45) is 5.92 Å². The van der Waals surface area contributed by atoms with Crippen LogP contribution in [0, 0.1) is 5.92 Å². The van der Waals surface area contributed by atoms with E-state index in [0.717, 1.165) is 30.1 Å². The molecule has 1 unspecified atom stereocenters. The summed E-state index contributed by atoms with van der Waals surface area (Å²) in [4.78, 5) is 0. The lowest BCUT2D eigenvalue weighted by atomic mass is 9.90. The van der Waals surface area contributed by atoms with Gasteiger partial charge in [0.1, 0.15) is 0 Å². The third kappa shape index (κ3) is 4.87. The smallest absolute Gasteiger partial charge is 0.0960 e. The Labute approximate surface area is 131 Å². The summed E-state index contributed by atoms with van der Waals surface area (Å²) in [5, 5.41) is 3.42. The number of ether oxygens (including phenoxy) is 1. The normalized spacial score (nSPS) is 18.1. The Balaban J connectivity index is 1.94. The second kappa shape index (κ2) is 8.81. The maximum atomic E-state index is 6.26. The van der Waals surface area contributed by atoms with Gasteiger partial charge in [-0.15, -0.1) is 0 Å². The average Bonchev–Trinajstić information content (AvgIpc) is 2.49. The Morgan fingerprint density at radius 1 is 1.25 bits per heavy atom. The molecule has 3 heteroatoms. The van der Waals surface area contributed by atoms with Crippen molar-refractivity contribution in [2.45, 2.75) is 45.1 Å². The molecule has 0 amide bonds. The average molecular weight is 340 g/mol. The summed E-state index contributed by atoms with van der Waals surface area (Å²) in [6, 6.07) is 8.40. The minimum Gasteiger partial charge on any atom is -0.372 e. The molecule has 2 rings (SSSR count). The van der Waals surface area contributed by atoms with E-state index in [1.54, 1.807) is 0 Å². The van der Waals surface area contributed by atoms with Gasteiger partial charge in [-0.3, -0.25) is 0 Å². The van der Waals surface area contributed by atoms with Crippen LogP contribution >= 0.6 is 15.9 Å². The molecule has 1 atom stereocenters. The summed E-state index contributed by atoms with van der Waals surface area (Å²) in [7, 11) is 0. The van der Waals surface area contributed by atoms with E-state index in [4.69, 9.17) is 4.74 Å². The van der Waals surface area contributed by atoms with E-state index in [0.29, 0.717) is 0 Å². The molecule has 1 fully saturated rings. The Morgan fingerprint density at radius 3 is 2.70 bits per heavy atom. The maximum absolute atomic E-state index is 6.26. The molecular formula is C17H26BrNO. The van der Waals surface area contributed by atoms with E-state index < -0.39 is 0 Å². The number of nitrogens with one attached hydrogen (secondary N) is 1. The molecular weight excluding hydrogens is 314 g/mol. The van der Waals surface area contributed by atoms with Crippen molar-refractivity contribution < 1.29 is 4.74 Å². The first-order valence-corrected chi connectivity index (χ1v) is 8.67. The number of rotatable bonds is 7. The topological polar surface area (TPSA) is 21.3 Å². The highest BCUT2D eigenvalue weighted by molar-refractivity contribution is 9.10. The molecule has 1 aromatic rings. The SMILES string of the molecule is CCNCC(OCC1CCCCC1)c1ccccc1Br. The Morgan fingerprint density at radius 2 is 2.00 bits per heavy atom. The van der Waals surface area contributed by atoms with Crippen LogP contribution in [0.3, 0.4) is 0 Å². The van der Waals surface area contributed by atoms with E-state index in [1.807, 2.05) is 0 Å². The van der Waals surface area contributed by atoms with Crippen molar-refractivity contribution >= 4 is 15.9 Å². The summed E-state index contributed by atoms with van der Waals surface area (Å²) in [6.45, 7) is 4.90. The summed E-state index contributed by atoms with van der Waals surface area (Å²) in [5.41, 5.74) is 1.25. The first-order valence-electron chi connectivity index (χ1n) is 7.88. The monoisotopic (exact) mass is 339 g/mol. The van der Waals surface area contributed by atoms with Gasteiger partial charge in [0.05, 0.1) is 12.7 Å². The number of hydrogen-bond donors (Lipinski definition) is 1. The van der Waals surface area contributed by atoms with Crippen molar-refractivity contribution in [3.8, 4) is 0 Å². The third-order valence-corrected chi connectivity index (χ3v) is 4.81. The Kier molecular flexibility index (Phi) is 7.05. The minimum absolute atomic E-state index is 0.146. The van der Waals surface area contributed by atoms with E-state index in [2.05, 4.69) is 52.4 Å². The van der Waals surface area contributed by atoms with Gasteiger partial charge in [0.2, 0.25) is 0 Å². The van der Waals surface area contributed by atoms with Gasteiger partial charge in [-0.25, -0.2) is 0 Å². The number of hydrogen-bond acceptors (Lipinski definition) is 2. The second-order valence-electron chi connectivity index (χ2n) is 5.66. The van der Waals surface area contributed by atoms with Crippen molar-refractivity contribution in [3.05, 3.63) is 34.3 Å². The molecule has 0 bridgehead atoms. The molecule has 1 aliphatic carbocycles. The van der Waals surface area contributed by atoms with Crippen LogP contribution in [0.1, 0.15) is 50.7 Å². The van der Waals surface area contributed by atoms with Gasteiger partial charge >= 0.3 is 0 Å². The Bertz CT molecular complexity index is 390. The molecule has 1 N–H and O–H groups in total. The molecule has 1 aliphatic rings. The summed E-state index contributed by atoms with van der Waals surface area (Å²) in [6.07, 6.45) is 6.98. The minimum atomic E-state index is 0.146.